The second-order valence-electron chi connectivity index (χ2n) is 6.51. The van der Waals surface area contributed by atoms with Gasteiger partial charge in [0.05, 0.1) is 0 Å². The molecule has 0 saturated carbocycles. The number of hydrogen-bond donors (Lipinski definition) is 2. The van der Waals surface area contributed by atoms with Gasteiger partial charge in [0, 0.05) is 37.3 Å². The standard InChI is InChI=1S/C16H22N2O/c1-18-8-12(9-19)13-5-10-3-2-4-14-16(10)11(7-17-14)6-15(13)18/h2-4,11-13,15,17,19H,5-9H2,1H3. The minimum Gasteiger partial charge on any atom is -0.396 e. The fourth-order valence-electron chi connectivity index (χ4n) is 4.64. The highest BCUT2D eigenvalue weighted by Crippen LogP contribution is 2.46. The smallest absolute Gasteiger partial charge is 0.0474 e. The number of aliphatic hydroxyl groups excluding tert-OH is 1. The van der Waals surface area contributed by atoms with Crippen LogP contribution < -0.4 is 5.32 Å². The molecular formula is C16H22N2O. The molecule has 0 aromatic heterocycles. The summed E-state index contributed by atoms with van der Waals surface area (Å²) >= 11 is 0. The molecule has 1 aromatic rings. The Bertz CT molecular complexity index is 502. The van der Waals surface area contributed by atoms with E-state index in [9.17, 15) is 5.11 Å². The molecular weight excluding hydrogens is 236 g/mol. The third-order valence-corrected chi connectivity index (χ3v) is 5.55. The first kappa shape index (κ1) is 11.7. The minimum atomic E-state index is 0.337. The topological polar surface area (TPSA) is 35.5 Å². The summed E-state index contributed by atoms with van der Waals surface area (Å²) in [5.41, 5.74) is 4.45. The van der Waals surface area contributed by atoms with Crippen LogP contribution in [0.1, 0.15) is 23.5 Å². The SMILES string of the molecule is CN1CC(CO)C2Cc3cccc4c3C(CN4)CC21. The van der Waals surface area contributed by atoms with Crippen molar-refractivity contribution in [1.29, 1.82) is 0 Å². The van der Waals surface area contributed by atoms with Gasteiger partial charge < -0.3 is 15.3 Å². The zero-order valence-electron chi connectivity index (χ0n) is 11.5. The van der Waals surface area contributed by atoms with E-state index in [4.69, 9.17) is 0 Å². The summed E-state index contributed by atoms with van der Waals surface area (Å²) in [6, 6.07) is 7.33. The summed E-state index contributed by atoms with van der Waals surface area (Å²) in [5, 5.41) is 13.2. The van der Waals surface area contributed by atoms with Gasteiger partial charge in [0.15, 0.2) is 0 Å². The molecule has 2 aliphatic heterocycles. The molecule has 4 atom stereocenters. The number of anilines is 1. The Labute approximate surface area is 114 Å². The number of likely N-dealkylation sites (tertiary alicyclic amines) is 1. The quantitative estimate of drug-likeness (QED) is 0.804. The summed E-state index contributed by atoms with van der Waals surface area (Å²) in [6.07, 6.45) is 2.39. The Morgan fingerprint density at radius 1 is 1.42 bits per heavy atom. The molecule has 1 aromatic carbocycles. The lowest BCUT2D eigenvalue weighted by Gasteiger charge is -2.25. The largest absolute Gasteiger partial charge is 0.396 e. The number of hydrogen-bond acceptors (Lipinski definition) is 3. The van der Waals surface area contributed by atoms with Gasteiger partial charge in [-0.3, -0.25) is 0 Å². The average Bonchev–Trinajstić information content (AvgIpc) is 2.89. The molecule has 3 heteroatoms. The van der Waals surface area contributed by atoms with Crippen LogP contribution in [0.2, 0.25) is 0 Å². The summed E-state index contributed by atoms with van der Waals surface area (Å²) in [6.45, 7) is 2.48. The highest BCUT2D eigenvalue weighted by Gasteiger charge is 2.44. The normalized spacial score (nSPS) is 36.5. The third kappa shape index (κ3) is 1.65. The van der Waals surface area contributed by atoms with E-state index in [-0.39, 0.29) is 0 Å². The molecule has 0 bridgehead atoms. The number of nitrogens with zero attached hydrogens (tertiary/aromatic N) is 1. The van der Waals surface area contributed by atoms with E-state index in [1.807, 2.05) is 0 Å². The molecule has 4 rings (SSSR count). The van der Waals surface area contributed by atoms with E-state index in [1.54, 1.807) is 5.56 Å². The molecule has 102 valence electrons. The molecule has 3 nitrogen and oxygen atoms in total. The molecule has 0 radical (unpaired) electrons. The zero-order chi connectivity index (χ0) is 13.0. The maximum absolute atomic E-state index is 9.66. The van der Waals surface area contributed by atoms with Gasteiger partial charge in [-0.05, 0) is 48.9 Å². The summed E-state index contributed by atoms with van der Waals surface area (Å²) < 4.78 is 0. The van der Waals surface area contributed by atoms with Gasteiger partial charge in [0.25, 0.3) is 0 Å². The fourth-order valence-corrected chi connectivity index (χ4v) is 4.64. The number of fused-ring (bicyclic) bond motifs is 1. The van der Waals surface area contributed by atoms with E-state index >= 15 is 0 Å². The Kier molecular flexibility index (Phi) is 2.61. The van der Waals surface area contributed by atoms with Crippen molar-refractivity contribution in [2.45, 2.75) is 24.8 Å². The van der Waals surface area contributed by atoms with Crippen LogP contribution in [0.5, 0.6) is 0 Å². The van der Waals surface area contributed by atoms with Gasteiger partial charge in [-0.1, -0.05) is 12.1 Å². The van der Waals surface area contributed by atoms with Gasteiger partial charge in [-0.2, -0.15) is 0 Å². The van der Waals surface area contributed by atoms with Gasteiger partial charge in [-0.15, -0.1) is 0 Å². The van der Waals surface area contributed by atoms with Crippen molar-refractivity contribution in [3.05, 3.63) is 29.3 Å². The van der Waals surface area contributed by atoms with E-state index in [0.29, 0.717) is 30.4 Å². The lowest BCUT2D eigenvalue weighted by Crippen LogP contribution is -2.31. The molecule has 19 heavy (non-hydrogen) atoms. The van der Waals surface area contributed by atoms with Crippen LogP contribution in [0.4, 0.5) is 5.69 Å². The number of rotatable bonds is 1. The maximum Gasteiger partial charge on any atom is 0.0474 e. The fraction of sp³-hybridized carbons (Fsp3) is 0.625. The van der Waals surface area contributed by atoms with Crippen LogP contribution in [0.25, 0.3) is 0 Å². The van der Waals surface area contributed by atoms with Crippen molar-refractivity contribution in [2.75, 3.05) is 32.1 Å². The van der Waals surface area contributed by atoms with Crippen LogP contribution in [0.15, 0.2) is 18.2 Å². The van der Waals surface area contributed by atoms with E-state index < -0.39 is 0 Å². The highest BCUT2D eigenvalue weighted by atomic mass is 16.3. The van der Waals surface area contributed by atoms with Crippen molar-refractivity contribution in [3.8, 4) is 0 Å². The van der Waals surface area contributed by atoms with Gasteiger partial charge in [0.1, 0.15) is 0 Å². The zero-order valence-corrected chi connectivity index (χ0v) is 11.5. The third-order valence-electron chi connectivity index (χ3n) is 5.55. The predicted octanol–water partition coefficient (Wildman–Crippen LogP) is 1.68. The van der Waals surface area contributed by atoms with E-state index in [2.05, 4.69) is 35.5 Å². The van der Waals surface area contributed by atoms with Gasteiger partial charge >= 0.3 is 0 Å². The van der Waals surface area contributed by atoms with Gasteiger partial charge in [-0.25, -0.2) is 0 Å². The van der Waals surface area contributed by atoms with Gasteiger partial charge in [0.2, 0.25) is 0 Å². The lowest BCUT2D eigenvalue weighted by molar-refractivity contribution is 0.195. The van der Waals surface area contributed by atoms with E-state index in [0.717, 1.165) is 19.5 Å². The lowest BCUT2D eigenvalue weighted by atomic mass is 9.85. The van der Waals surface area contributed by atoms with Crippen molar-refractivity contribution in [3.63, 3.8) is 0 Å². The van der Waals surface area contributed by atoms with E-state index in [1.165, 1.54) is 17.7 Å². The first-order valence-electron chi connectivity index (χ1n) is 7.44. The van der Waals surface area contributed by atoms with Crippen LogP contribution in [-0.4, -0.2) is 42.8 Å². The molecule has 1 aliphatic carbocycles. The second-order valence-corrected chi connectivity index (χ2v) is 6.51. The second kappa shape index (κ2) is 4.22. The molecule has 1 saturated heterocycles. The molecule has 4 unspecified atom stereocenters. The van der Waals surface area contributed by atoms with Crippen LogP contribution >= 0.6 is 0 Å². The monoisotopic (exact) mass is 258 g/mol. The van der Waals surface area contributed by atoms with Crippen LogP contribution in [0.3, 0.4) is 0 Å². The van der Waals surface area contributed by atoms with Crippen molar-refractivity contribution >= 4 is 5.69 Å². The molecule has 0 amide bonds. The Hall–Kier alpha value is -1.06. The van der Waals surface area contributed by atoms with Crippen LogP contribution in [-0.2, 0) is 6.42 Å². The Balaban J connectivity index is 1.77. The molecule has 1 fully saturated rings. The molecule has 2 N–H and O–H groups in total. The minimum absolute atomic E-state index is 0.337. The first-order valence-corrected chi connectivity index (χ1v) is 7.44. The summed E-state index contributed by atoms with van der Waals surface area (Å²) in [5.74, 6) is 1.76. The highest BCUT2D eigenvalue weighted by molar-refractivity contribution is 5.61. The van der Waals surface area contributed by atoms with Crippen molar-refractivity contribution in [2.24, 2.45) is 11.8 Å². The van der Waals surface area contributed by atoms with Crippen LogP contribution in [0, 0.1) is 11.8 Å². The Morgan fingerprint density at radius 2 is 2.32 bits per heavy atom. The molecule has 0 spiro atoms. The first-order chi connectivity index (χ1) is 9.28. The molecule has 3 aliphatic rings. The van der Waals surface area contributed by atoms with Crippen molar-refractivity contribution < 1.29 is 5.11 Å². The molecule has 2 heterocycles. The predicted molar refractivity (Wildman–Crippen MR) is 76.5 cm³/mol. The maximum atomic E-state index is 9.66. The Morgan fingerprint density at radius 3 is 3.16 bits per heavy atom. The summed E-state index contributed by atoms with van der Waals surface area (Å²) in [4.78, 5) is 2.48. The number of benzene rings is 1. The summed E-state index contributed by atoms with van der Waals surface area (Å²) in [7, 11) is 2.23. The van der Waals surface area contributed by atoms with Crippen molar-refractivity contribution in [1.82, 2.24) is 4.90 Å². The number of nitrogens with one attached hydrogen (secondary N) is 1. The average molecular weight is 258 g/mol. The number of aliphatic hydroxyl groups is 1.